The fraction of sp³-hybridized carbons (Fsp3) is 0.643. The molecule has 0 aromatic heterocycles. The van der Waals surface area contributed by atoms with Gasteiger partial charge < -0.3 is 4.74 Å². The Morgan fingerprint density at radius 3 is 2.42 bits per heavy atom. The van der Waals surface area contributed by atoms with Crippen molar-refractivity contribution >= 4 is 5.57 Å². The Kier molecular flexibility index (Phi) is 9.61. The summed E-state index contributed by atoms with van der Waals surface area (Å²) in [5.74, 6) is 0.794. The lowest BCUT2D eigenvalue weighted by Crippen LogP contribution is -2.15. The molecule has 0 radical (unpaired) electrons. The van der Waals surface area contributed by atoms with Gasteiger partial charge in [0.1, 0.15) is 0 Å². The first kappa shape index (κ1) is 24.0. The molecule has 0 spiro atoms. The molecule has 0 bridgehead atoms. The summed E-state index contributed by atoms with van der Waals surface area (Å²) >= 11 is 0. The van der Waals surface area contributed by atoms with E-state index in [0.29, 0.717) is 18.1 Å². The zero-order valence-corrected chi connectivity index (χ0v) is 19.5. The van der Waals surface area contributed by atoms with Crippen molar-refractivity contribution in [2.75, 3.05) is 6.61 Å². The van der Waals surface area contributed by atoms with Crippen molar-refractivity contribution in [3.8, 4) is 5.75 Å². The van der Waals surface area contributed by atoms with Gasteiger partial charge in [0, 0.05) is 5.56 Å². The molecule has 2 aliphatic carbocycles. The molecule has 1 aromatic rings. The smallest absolute Gasteiger partial charge is 0.201 e. The Morgan fingerprint density at radius 2 is 1.74 bits per heavy atom. The van der Waals surface area contributed by atoms with Gasteiger partial charge in [-0.15, -0.1) is 0 Å². The molecule has 1 unspecified atom stereocenters. The summed E-state index contributed by atoms with van der Waals surface area (Å²) in [4.78, 5) is 0. The minimum Gasteiger partial charge on any atom is -0.490 e. The van der Waals surface area contributed by atoms with Gasteiger partial charge in [0.25, 0.3) is 0 Å². The Bertz CT molecular complexity index is 744. The maximum atomic E-state index is 14.7. The molecule has 1 saturated carbocycles. The molecule has 0 heterocycles. The van der Waals surface area contributed by atoms with Crippen molar-refractivity contribution in [3.63, 3.8) is 0 Å². The third kappa shape index (κ3) is 6.92. The molecule has 1 fully saturated rings. The molecule has 0 amide bonds. The minimum absolute atomic E-state index is 0.0314. The molecular weight excluding hydrogens is 390 g/mol. The first-order valence-electron chi connectivity index (χ1n) is 12.6. The monoisotopic (exact) mass is 430 g/mol. The van der Waals surface area contributed by atoms with Crippen molar-refractivity contribution in [3.05, 3.63) is 47.6 Å². The van der Waals surface area contributed by atoms with Crippen LogP contribution >= 0.6 is 0 Å². The van der Waals surface area contributed by atoms with E-state index in [1.807, 2.05) is 6.92 Å². The van der Waals surface area contributed by atoms with Gasteiger partial charge in [-0.1, -0.05) is 44.9 Å². The van der Waals surface area contributed by atoms with E-state index in [9.17, 15) is 8.78 Å². The molecule has 1 nitrogen and oxygen atoms in total. The molecule has 1 aromatic carbocycles. The lowest BCUT2D eigenvalue weighted by atomic mass is 9.77. The maximum absolute atomic E-state index is 14.7. The van der Waals surface area contributed by atoms with E-state index in [1.54, 1.807) is 12.1 Å². The Morgan fingerprint density at radius 1 is 0.968 bits per heavy atom. The van der Waals surface area contributed by atoms with E-state index >= 15 is 0 Å². The second-order valence-corrected chi connectivity index (χ2v) is 9.51. The van der Waals surface area contributed by atoms with Gasteiger partial charge in [0.05, 0.1) is 6.61 Å². The molecule has 3 heteroatoms. The van der Waals surface area contributed by atoms with Gasteiger partial charge in [0.2, 0.25) is 5.82 Å². The van der Waals surface area contributed by atoms with Crippen molar-refractivity contribution in [2.24, 2.45) is 17.8 Å². The molecule has 172 valence electrons. The third-order valence-electron chi connectivity index (χ3n) is 7.19. The Hall–Kier alpha value is -1.64. The number of hydrogen-bond donors (Lipinski definition) is 0. The average Bonchev–Trinajstić information content (AvgIpc) is 2.80. The Labute approximate surface area is 188 Å². The van der Waals surface area contributed by atoms with Gasteiger partial charge in [-0.3, -0.25) is 0 Å². The zero-order chi connectivity index (χ0) is 22.1. The van der Waals surface area contributed by atoms with E-state index in [2.05, 4.69) is 25.2 Å². The number of allylic oxidation sites excluding steroid dienone is 4. The molecule has 31 heavy (non-hydrogen) atoms. The second-order valence-electron chi connectivity index (χ2n) is 9.51. The first-order valence-corrected chi connectivity index (χ1v) is 12.6. The summed E-state index contributed by atoms with van der Waals surface area (Å²) in [7, 11) is 0. The van der Waals surface area contributed by atoms with Crippen LogP contribution in [0, 0.1) is 29.4 Å². The number of hydrogen-bond acceptors (Lipinski definition) is 1. The Balaban J connectivity index is 1.47. The second kappa shape index (κ2) is 12.4. The molecular formula is C28H40F2O. The van der Waals surface area contributed by atoms with Gasteiger partial charge in [-0.05, 0) is 99.7 Å². The van der Waals surface area contributed by atoms with Crippen molar-refractivity contribution < 1.29 is 13.5 Å². The van der Waals surface area contributed by atoms with Crippen LogP contribution in [0.1, 0.15) is 96.5 Å². The summed E-state index contributed by atoms with van der Waals surface area (Å²) < 4.78 is 34.5. The normalized spacial score (nSPS) is 24.4. The van der Waals surface area contributed by atoms with Crippen LogP contribution in [0.15, 0.2) is 30.4 Å². The number of unbranched alkanes of at least 4 members (excludes halogenated alkanes) is 1. The predicted octanol–water partition coefficient (Wildman–Crippen LogP) is 8.88. The van der Waals surface area contributed by atoms with E-state index in [1.165, 1.54) is 38.5 Å². The van der Waals surface area contributed by atoms with Crippen LogP contribution in [-0.2, 0) is 0 Å². The van der Waals surface area contributed by atoms with E-state index in [0.717, 1.165) is 55.9 Å². The van der Waals surface area contributed by atoms with Crippen LogP contribution in [0.3, 0.4) is 0 Å². The maximum Gasteiger partial charge on any atom is 0.201 e. The highest BCUT2D eigenvalue weighted by molar-refractivity contribution is 5.67. The van der Waals surface area contributed by atoms with Gasteiger partial charge >= 0.3 is 0 Å². The lowest BCUT2D eigenvalue weighted by Gasteiger charge is -2.29. The summed E-state index contributed by atoms with van der Waals surface area (Å²) in [6.07, 6.45) is 20.8. The van der Waals surface area contributed by atoms with Crippen LogP contribution < -0.4 is 4.74 Å². The first-order chi connectivity index (χ1) is 15.1. The third-order valence-corrected chi connectivity index (χ3v) is 7.19. The van der Waals surface area contributed by atoms with Crippen LogP contribution in [0.5, 0.6) is 5.75 Å². The van der Waals surface area contributed by atoms with Gasteiger partial charge in [-0.25, -0.2) is 4.39 Å². The minimum atomic E-state index is -0.846. The SMILES string of the molecule is CCC=CC1CCC(CCC2CC=C(c3ccc(OCCCC)c(F)c3F)CC2)CC1. The lowest BCUT2D eigenvalue weighted by molar-refractivity contribution is 0.271. The van der Waals surface area contributed by atoms with E-state index in [4.69, 9.17) is 4.74 Å². The predicted molar refractivity (Wildman–Crippen MR) is 126 cm³/mol. The van der Waals surface area contributed by atoms with Crippen LogP contribution in [0.4, 0.5) is 8.78 Å². The number of rotatable bonds is 10. The highest BCUT2D eigenvalue weighted by Gasteiger charge is 2.23. The molecule has 0 N–H and O–H groups in total. The molecule has 1 atom stereocenters. The molecule has 3 rings (SSSR count). The van der Waals surface area contributed by atoms with Crippen molar-refractivity contribution in [2.45, 2.75) is 90.9 Å². The summed E-state index contributed by atoms with van der Waals surface area (Å²) in [6.45, 7) is 4.67. The highest BCUT2D eigenvalue weighted by Crippen LogP contribution is 2.38. The summed E-state index contributed by atoms with van der Waals surface area (Å²) in [6, 6.07) is 3.28. The quantitative estimate of drug-likeness (QED) is 0.266. The fourth-order valence-corrected chi connectivity index (χ4v) is 5.08. The largest absolute Gasteiger partial charge is 0.490 e. The van der Waals surface area contributed by atoms with Gasteiger partial charge in [0.15, 0.2) is 11.6 Å². The number of ether oxygens (including phenoxy) is 1. The van der Waals surface area contributed by atoms with Crippen LogP contribution in [0.25, 0.3) is 5.57 Å². The molecule has 0 aliphatic heterocycles. The molecule has 2 aliphatic rings. The summed E-state index contributed by atoms with van der Waals surface area (Å²) in [5, 5.41) is 0. The van der Waals surface area contributed by atoms with E-state index in [-0.39, 0.29) is 5.75 Å². The van der Waals surface area contributed by atoms with Crippen LogP contribution in [-0.4, -0.2) is 6.61 Å². The average molecular weight is 431 g/mol. The number of benzene rings is 1. The molecule has 0 saturated heterocycles. The summed E-state index contributed by atoms with van der Waals surface area (Å²) in [5.41, 5.74) is 1.37. The standard InChI is InChI=1S/C28H40F2O/c1-3-5-7-21-8-10-22(11-9-21)12-13-23-14-16-24(17-15-23)25-18-19-26(28(30)27(25)29)31-20-6-4-2/h5,7,16,18-19,21-23H,3-4,6,8-15,17,20H2,1-2H3. The highest BCUT2D eigenvalue weighted by atomic mass is 19.2. The van der Waals surface area contributed by atoms with Gasteiger partial charge in [-0.2, -0.15) is 4.39 Å². The van der Waals surface area contributed by atoms with Crippen molar-refractivity contribution in [1.29, 1.82) is 0 Å². The topological polar surface area (TPSA) is 9.23 Å². The van der Waals surface area contributed by atoms with Crippen LogP contribution in [0.2, 0.25) is 0 Å². The van der Waals surface area contributed by atoms with E-state index < -0.39 is 11.6 Å². The zero-order valence-electron chi connectivity index (χ0n) is 19.5. The fourth-order valence-electron chi connectivity index (χ4n) is 5.08. The number of halogens is 2. The van der Waals surface area contributed by atoms with Crippen molar-refractivity contribution in [1.82, 2.24) is 0 Å².